The molecule has 2 saturated carbocycles. The average Bonchev–Trinajstić information content (AvgIpc) is 3.20. The van der Waals surface area contributed by atoms with Crippen LogP contribution in [-0.2, 0) is 15.6 Å². The lowest BCUT2D eigenvalue weighted by Gasteiger charge is -2.06. The number of carbonyl (C=O) groups is 1. The number of amides is 1. The molecule has 0 heterocycles. The summed E-state index contributed by atoms with van der Waals surface area (Å²) in [5.41, 5.74) is 0.443. The number of carbonyl (C=O) groups excluding carboxylic acids is 1. The Labute approximate surface area is 114 Å². The van der Waals surface area contributed by atoms with Gasteiger partial charge in [-0.05, 0) is 49.3 Å². The Balaban J connectivity index is 1.65. The molecular weight excluding hydrogens is 265 g/mol. The molecule has 3 atom stereocenters. The van der Waals surface area contributed by atoms with Gasteiger partial charge >= 0.3 is 0 Å². The number of anilines is 1. The second kappa shape index (κ2) is 4.71. The van der Waals surface area contributed by atoms with E-state index in [2.05, 4.69) is 5.32 Å². The third-order valence-electron chi connectivity index (χ3n) is 3.91. The zero-order valence-electron chi connectivity index (χ0n) is 10.7. The van der Waals surface area contributed by atoms with E-state index in [4.69, 9.17) is 0 Å². The smallest absolute Gasteiger partial charge is 0.227 e. The molecule has 1 N–H and O–H groups in total. The van der Waals surface area contributed by atoms with Gasteiger partial charge in [0.25, 0.3) is 0 Å². The van der Waals surface area contributed by atoms with Crippen molar-refractivity contribution in [1.29, 1.82) is 0 Å². The van der Waals surface area contributed by atoms with Crippen molar-refractivity contribution in [3.05, 3.63) is 24.0 Å². The van der Waals surface area contributed by atoms with Crippen molar-refractivity contribution in [2.24, 2.45) is 17.8 Å². The second-order valence-electron chi connectivity index (χ2n) is 5.43. The summed E-state index contributed by atoms with van der Waals surface area (Å²) in [7, 11) is -1.35. The summed E-state index contributed by atoms with van der Waals surface area (Å²) in [4.78, 5) is 12.1. The molecule has 2 fully saturated rings. The van der Waals surface area contributed by atoms with E-state index in [0.29, 0.717) is 11.6 Å². The molecule has 0 aromatic heterocycles. The van der Waals surface area contributed by atoms with Crippen molar-refractivity contribution in [1.82, 2.24) is 0 Å². The molecule has 1 aromatic carbocycles. The maximum absolute atomic E-state index is 13.6. The van der Waals surface area contributed by atoms with Crippen molar-refractivity contribution >= 4 is 22.4 Å². The zero-order valence-corrected chi connectivity index (χ0v) is 11.5. The van der Waals surface area contributed by atoms with Gasteiger partial charge in [-0.15, -0.1) is 0 Å². The van der Waals surface area contributed by atoms with Gasteiger partial charge in [-0.1, -0.05) is 0 Å². The maximum Gasteiger partial charge on any atom is 0.227 e. The van der Waals surface area contributed by atoms with Gasteiger partial charge in [0.2, 0.25) is 5.91 Å². The van der Waals surface area contributed by atoms with Crippen molar-refractivity contribution < 1.29 is 13.4 Å². The summed E-state index contributed by atoms with van der Waals surface area (Å²) in [6.07, 6.45) is 4.90. The molecule has 1 amide bonds. The second-order valence-corrected chi connectivity index (χ2v) is 6.78. The van der Waals surface area contributed by atoms with Gasteiger partial charge in [0, 0.05) is 17.9 Å². The van der Waals surface area contributed by atoms with Crippen LogP contribution in [0.2, 0.25) is 0 Å². The van der Waals surface area contributed by atoms with Gasteiger partial charge < -0.3 is 5.32 Å². The minimum absolute atomic E-state index is 0.0123. The van der Waals surface area contributed by atoms with E-state index in [9.17, 15) is 13.4 Å². The summed E-state index contributed by atoms with van der Waals surface area (Å²) < 4.78 is 24.9. The third-order valence-corrected chi connectivity index (χ3v) is 4.86. The molecule has 3 nitrogen and oxygen atoms in total. The first-order valence-corrected chi connectivity index (χ1v) is 8.06. The first kappa shape index (κ1) is 12.8. The van der Waals surface area contributed by atoms with E-state index < -0.39 is 16.6 Å². The number of halogens is 1. The minimum Gasteiger partial charge on any atom is -0.326 e. The number of rotatable bonds is 4. The molecule has 0 bridgehead atoms. The van der Waals surface area contributed by atoms with Crippen LogP contribution in [0.25, 0.3) is 0 Å². The molecule has 0 aliphatic heterocycles. The number of nitrogens with one attached hydrogen (secondary N) is 1. The van der Waals surface area contributed by atoms with Crippen molar-refractivity contribution in [3.63, 3.8) is 0 Å². The lowest BCUT2D eigenvalue weighted by molar-refractivity contribution is -0.117. The highest BCUT2D eigenvalue weighted by atomic mass is 32.2. The summed E-state index contributed by atoms with van der Waals surface area (Å²) in [5, 5.41) is 2.75. The van der Waals surface area contributed by atoms with Crippen molar-refractivity contribution in [2.45, 2.75) is 24.2 Å². The van der Waals surface area contributed by atoms with Crippen LogP contribution in [0.15, 0.2) is 23.1 Å². The Morgan fingerprint density at radius 2 is 2.16 bits per heavy atom. The molecule has 0 radical (unpaired) electrons. The highest BCUT2D eigenvalue weighted by Gasteiger charge is 2.51. The van der Waals surface area contributed by atoms with Crippen molar-refractivity contribution in [3.8, 4) is 0 Å². The monoisotopic (exact) mass is 281 g/mol. The maximum atomic E-state index is 13.6. The summed E-state index contributed by atoms with van der Waals surface area (Å²) in [5.74, 6) is 0.857. The topological polar surface area (TPSA) is 46.2 Å². The van der Waals surface area contributed by atoms with Gasteiger partial charge in [0.1, 0.15) is 5.82 Å². The molecule has 0 unspecified atom stereocenters. The van der Waals surface area contributed by atoms with Crippen molar-refractivity contribution in [2.75, 3.05) is 11.6 Å². The van der Waals surface area contributed by atoms with E-state index >= 15 is 0 Å². The molecule has 102 valence electrons. The first-order chi connectivity index (χ1) is 9.06. The van der Waals surface area contributed by atoms with Gasteiger partial charge in [0.05, 0.1) is 15.7 Å². The largest absolute Gasteiger partial charge is 0.326 e. The Kier molecular flexibility index (Phi) is 3.17. The Morgan fingerprint density at radius 3 is 2.74 bits per heavy atom. The highest BCUT2D eigenvalue weighted by Crippen LogP contribution is 2.54. The molecule has 2 aliphatic rings. The molecular formula is C14H16FNO2S. The van der Waals surface area contributed by atoms with E-state index in [0.717, 1.165) is 12.3 Å². The van der Waals surface area contributed by atoms with Crippen LogP contribution in [0.1, 0.15) is 19.3 Å². The van der Waals surface area contributed by atoms with Crippen LogP contribution in [0.4, 0.5) is 10.1 Å². The van der Waals surface area contributed by atoms with Crippen LogP contribution in [0.3, 0.4) is 0 Å². The third kappa shape index (κ3) is 2.71. The van der Waals surface area contributed by atoms with Crippen LogP contribution in [0.5, 0.6) is 0 Å². The quantitative estimate of drug-likeness (QED) is 0.922. The molecule has 19 heavy (non-hydrogen) atoms. The predicted molar refractivity (Wildman–Crippen MR) is 71.7 cm³/mol. The van der Waals surface area contributed by atoms with E-state index in [-0.39, 0.29) is 16.7 Å². The predicted octanol–water partition coefficient (Wildman–Crippen LogP) is 2.55. The number of benzene rings is 1. The Hall–Kier alpha value is -1.23. The average molecular weight is 281 g/mol. The van der Waals surface area contributed by atoms with Crippen LogP contribution < -0.4 is 5.32 Å². The first-order valence-electron chi connectivity index (χ1n) is 6.50. The summed E-state index contributed by atoms with van der Waals surface area (Å²) >= 11 is 0. The fraction of sp³-hybridized carbons (Fsp3) is 0.500. The fourth-order valence-electron chi connectivity index (χ4n) is 2.61. The van der Waals surface area contributed by atoms with Gasteiger partial charge in [-0.3, -0.25) is 9.00 Å². The van der Waals surface area contributed by atoms with Gasteiger partial charge in [-0.2, -0.15) is 0 Å². The van der Waals surface area contributed by atoms with E-state index in [1.807, 2.05) is 0 Å². The lowest BCUT2D eigenvalue weighted by Crippen LogP contribution is -2.15. The molecule has 1 aromatic rings. The molecule has 3 rings (SSSR count). The Morgan fingerprint density at radius 1 is 1.42 bits per heavy atom. The number of hydrogen-bond acceptors (Lipinski definition) is 2. The van der Waals surface area contributed by atoms with Crippen LogP contribution in [-0.4, -0.2) is 16.4 Å². The summed E-state index contributed by atoms with van der Waals surface area (Å²) in [6, 6.07) is 4.31. The van der Waals surface area contributed by atoms with Crippen LogP contribution in [0, 0.1) is 23.6 Å². The standard InChI is InChI=1S/C14H16FNO2S/c1-19(18)13-5-4-9(6-12(13)15)16-14(17)11-7-10(11)8-2-3-8/h4-6,8,10-11H,2-3,7H2,1H3,(H,16,17)/t10-,11-,19-/m0/s1. The SMILES string of the molecule is C[S@](=O)c1ccc(NC(=O)[C@H]2C[C@H]2C2CC2)cc1F. The van der Waals surface area contributed by atoms with E-state index in [1.54, 1.807) is 6.07 Å². The number of hydrogen-bond donors (Lipinski definition) is 1. The van der Waals surface area contributed by atoms with Crippen LogP contribution >= 0.6 is 0 Å². The summed E-state index contributed by atoms with van der Waals surface area (Å²) in [6.45, 7) is 0. The molecule has 2 aliphatic carbocycles. The molecule has 0 spiro atoms. The van der Waals surface area contributed by atoms with Gasteiger partial charge in [0.15, 0.2) is 0 Å². The van der Waals surface area contributed by atoms with Gasteiger partial charge in [-0.25, -0.2) is 4.39 Å². The fourth-order valence-corrected chi connectivity index (χ4v) is 3.20. The molecule has 0 saturated heterocycles. The Bertz CT molecular complexity index is 556. The lowest BCUT2D eigenvalue weighted by atomic mass is 10.2. The highest BCUT2D eigenvalue weighted by molar-refractivity contribution is 7.84. The molecule has 5 heteroatoms. The zero-order chi connectivity index (χ0) is 13.6. The minimum atomic E-state index is -1.35. The van der Waals surface area contributed by atoms with E-state index in [1.165, 1.54) is 31.2 Å². The normalized spacial score (nSPS) is 26.8.